The number of hydrogen-bond acceptors (Lipinski definition) is 3. The van der Waals surface area contributed by atoms with E-state index in [-0.39, 0.29) is 11.9 Å². The van der Waals surface area contributed by atoms with Crippen molar-refractivity contribution in [1.29, 1.82) is 0 Å². The summed E-state index contributed by atoms with van der Waals surface area (Å²) in [5, 5.41) is 9.34. The van der Waals surface area contributed by atoms with Gasteiger partial charge in [0, 0.05) is 19.6 Å². The van der Waals surface area contributed by atoms with Gasteiger partial charge < -0.3 is 10.0 Å². The van der Waals surface area contributed by atoms with Crippen molar-refractivity contribution < 1.29 is 14.7 Å². The molecule has 0 unspecified atom stereocenters. The maximum atomic E-state index is 12.8. The fourth-order valence-corrected chi connectivity index (χ4v) is 3.65. The van der Waals surface area contributed by atoms with Crippen LogP contribution in [0.15, 0.2) is 30.3 Å². The molecule has 0 aromatic heterocycles. The van der Waals surface area contributed by atoms with Gasteiger partial charge in [0.1, 0.15) is 0 Å². The number of carboxylic acids is 1. The van der Waals surface area contributed by atoms with Gasteiger partial charge in [-0.1, -0.05) is 30.3 Å². The number of carbonyl (C=O) groups excluding carboxylic acids is 1. The summed E-state index contributed by atoms with van der Waals surface area (Å²) in [5.74, 6) is -0.705. The van der Waals surface area contributed by atoms with Crippen molar-refractivity contribution >= 4 is 11.9 Å². The number of amides is 1. The zero-order valence-electron chi connectivity index (χ0n) is 13.6. The predicted molar refractivity (Wildman–Crippen MR) is 86.8 cm³/mol. The molecule has 23 heavy (non-hydrogen) atoms. The molecular weight excluding hydrogens is 292 g/mol. The molecule has 2 saturated heterocycles. The van der Waals surface area contributed by atoms with E-state index in [1.54, 1.807) is 11.8 Å². The van der Waals surface area contributed by atoms with Crippen LogP contribution in [0.2, 0.25) is 0 Å². The van der Waals surface area contributed by atoms with E-state index in [0.29, 0.717) is 19.5 Å². The van der Waals surface area contributed by atoms with Crippen LogP contribution in [0.3, 0.4) is 0 Å². The molecule has 0 spiro atoms. The monoisotopic (exact) mass is 316 g/mol. The summed E-state index contributed by atoms with van der Waals surface area (Å²) in [7, 11) is 0. The van der Waals surface area contributed by atoms with Crippen LogP contribution in [-0.4, -0.2) is 52.5 Å². The number of aliphatic carboxylic acids is 1. The molecule has 2 aliphatic heterocycles. The van der Waals surface area contributed by atoms with Gasteiger partial charge in [-0.25, -0.2) is 0 Å². The van der Waals surface area contributed by atoms with E-state index in [4.69, 9.17) is 0 Å². The van der Waals surface area contributed by atoms with Crippen LogP contribution >= 0.6 is 0 Å². The molecule has 2 heterocycles. The Morgan fingerprint density at radius 1 is 1.26 bits per heavy atom. The molecule has 5 nitrogen and oxygen atoms in total. The maximum Gasteiger partial charge on any atom is 0.311 e. The van der Waals surface area contributed by atoms with Crippen LogP contribution in [0, 0.1) is 5.41 Å². The van der Waals surface area contributed by atoms with Gasteiger partial charge in [-0.05, 0) is 38.3 Å². The number of hydrogen-bond donors (Lipinski definition) is 1. The molecule has 2 atom stereocenters. The Hall–Kier alpha value is -1.88. The van der Waals surface area contributed by atoms with E-state index >= 15 is 0 Å². The van der Waals surface area contributed by atoms with Gasteiger partial charge in [-0.3, -0.25) is 14.5 Å². The summed E-state index contributed by atoms with van der Waals surface area (Å²) in [4.78, 5) is 28.2. The summed E-state index contributed by atoms with van der Waals surface area (Å²) in [6.45, 7) is 4.32. The topological polar surface area (TPSA) is 60.9 Å². The van der Waals surface area contributed by atoms with Crippen molar-refractivity contribution in [2.45, 2.75) is 38.8 Å². The minimum absolute atomic E-state index is 0.100. The quantitative estimate of drug-likeness (QED) is 0.922. The van der Waals surface area contributed by atoms with Gasteiger partial charge in [-0.15, -0.1) is 0 Å². The van der Waals surface area contributed by atoms with Gasteiger partial charge >= 0.3 is 5.97 Å². The fourth-order valence-electron chi connectivity index (χ4n) is 3.65. The first-order chi connectivity index (χ1) is 11.0. The van der Waals surface area contributed by atoms with Gasteiger partial charge in [-0.2, -0.15) is 0 Å². The molecule has 0 saturated carbocycles. The SMILES string of the molecule is C[C@]1(C(=O)O)CCN(C(=O)[C@H]2CCCN2Cc2ccccc2)C1. The number of carboxylic acid groups (broad SMARTS) is 1. The third-order valence-corrected chi connectivity index (χ3v) is 5.18. The lowest BCUT2D eigenvalue weighted by Crippen LogP contribution is -2.45. The third kappa shape index (κ3) is 3.24. The Bertz CT molecular complexity index is 589. The van der Waals surface area contributed by atoms with E-state index in [0.717, 1.165) is 25.9 Å². The molecule has 2 fully saturated rings. The van der Waals surface area contributed by atoms with Crippen molar-refractivity contribution in [1.82, 2.24) is 9.80 Å². The molecule has 3 rings (SSSR count). The highest BCUT2D eigenvalue weighted by atomic mass is 16.4. The van der Waals surface area contributed by atoms with Crippen LogP contribution in [0.1, 0.15) is 31.7 Å². The second-order valence-corrected chi connectivity index (χ2v) is 6.99. The van der Waals surface area contributed by atoms with Crippen LogP contribution in [0.4, 0.5) is 0 Å². The zero-order chi connectivity index (χ0) is 16.4. The molecule has 0 bridgehead atoms. The minimum atomic E-state index is -0.805. The summed E-state index contributed by atoms with van der Waals surface area (Å²) in [5.41, 5.74) is 0.419. The summed E-state index contributed by atoms with van der Waals surface area (Å²) >= 11 is 0. The molecule has 1 aromatic carbocycles. The fraction of sp³-hybridized carbons (Fsp3) is 0.556. The Kier molecular flexibility index (Phi) is 4.39. The van der Waals surface area contributed by atoms with Gasteiger partial charge in [0.2, 0.25) is 5.91 Å². The van der Waals surface area contributed by atoms with Crippen molar-refractivity contribution in [3.63, 3.8) is 0 Å². The second kappa shape index (κ2) is 6.32. The average Bonchev–Trinajstić information content (AvgIpc) is 3.15. The largest absolute Gasteiger partial charge is 0.481 e. The Labute approximate surface area is 136 Å². The lowest BCUT2D eigenvalue weighted by atomic mass is 9.90. The first-order valence-corrected chi connectivity index (χ1v) is 8.30. The van der Waals surface area contributed by atoms with Crippen molar-refractivity contribution in [3.05, 3.63) is 35.9 Å². The normalized spacial score (nSPS) is 28.2. The lowest BCUT2D eigenvalue weighted by molar-refractivity contribution is -0.147. The zero-order valence-corrected chi connectivity index (χ0v) is 13.6. The molecule has 2 aliphatic rings. The number of rotatable bonds is 4. The van der Waals surface area contributed by atoms with Crippen LogP contribution in [0.5, 0.6) is 0 Å². The van der Waals surface area contributed by atoms with Crippen molar-refractivity contribution in [2.24, 2.45) is 5.41 Å². The molecule has 0 aliphatic carbocycles. The van der Waals surface area contributed by atoms with Crippen LogP contribution in [-0.2, 0) is 16.1 Å². The van der Waals surface area contributed by atoms with Crippen molar-refractivity contribution in [3.8, 4) is 0 Å². The van der Waals surface area contributed by atoms with Gasteiger partial charge in [0.05, 0.1) is 11.5 Å². The summed E-state index contributed by atoms with van der Waals surface area (Å²) in [6.07, 6.45) is 2.43. The molecule has 1 amide bonds. The number of nitrogens with zero attached hydrogens (tertiary/aromatic N) is 2. The van der Waals surface area contributed by atoms with Crippen LogP contribution in [0.25, 0.3) is 0 Å². The van der Waals surface area contributed by atoms with E-state index in [1.165, 1.54) is 5.56 Å². The van der Waals surface area contributed by atoms with E-state index < -0.39 is 11.4 Å². The van der Waals surface area contributed by atoms with Gasteiger partial charge in [0.25, 0.3) is 0 Å². The molecule has 1 aromatic rings. The highest BCUT2D eigenvalue weighted by Gasteiger charge is 2.44. The molecule has 124 valence electrons. The smallest absolute Gasteiger partial charge is 0.311 e. The number of likely N-dealkylation sites (tertiary alicyclic amines) is 2. The second-order valence-electron chi connectivity index (χ2n) is 6.99. The molecule has 1 N–H and O–H groups in total. The minimum Gasteiger partial charge on any atom is -0.481 e. The highest BCUT2D eigenvalue weighted by Crippen LogP contribution is 2.32. The number of carbonyl (C=O) groups is 2. The standard InChI is InChI=1S/C18H24N2O3/c1-18(17(22)23)9-11-20(13-18)16(21)15-8-5-10-19(15)12-14-6-3-2-4-7-14/h2-4,6-7,15H,5,8-13H2,1H3,(H,22,23)/t15-,18+/m1/s1. The Morgan fingerprint density at radius 2 is 2.00 bits per heavy atom. The van der Waals surface area contributed by atoms with Gasteiger partial charge in [0.15, 0.2) is 0 Å². The molecule has 5 heteroatoms. The lowest BCUT2D eigenvalue weighted by Gasteiger charge is -2.28. The van der Waals surface area contributed by atoms with E-state index in [1.807, 2.05) is 18.2 Å². The predicted octanol–water partition coefficient (Wildman–Crippen LogP) is 1.97. The first kappa shape index (κ1) is 16.0. The summed E-state index contributed by atoms with van der Waals surface area (Å²) < 4.78 is 0. The first-order valence-electron chi connectivity index (χ1n) is 8.30. The molecule has 0 radical (unpaired) electrons. The Balaban J connectivity index is 1.66. The van der Waals surface area contributed by atoms with Crippen LogP contribution < -0.4 is 0 Å². The summed E-state index contributed by atoms with van der Waals surface area (Å²) in [6, 6.07) is 10.1. The number of benzene rings is 1. The maximum absolute atomic E-state index is 12.8. The van der Waals surface area contributed by atoms with E-state index in [9.17, 15) is 14.7 Å². The average molecular weight is 316 g/mol. The van der Waals surface area contributed by atoms with E-state index in [2.05, 4.69) is 17.0 Å². The Morgan fingerprint density at radius 3 is 2.65 bits per heavy atom. The highest BCUT2D eigenvalue weighted by molar-refractivity contribution is 5.84. The van der Waals surface area contributed by atoms with Crippen molar-refractivity contribution in [2.75, 3.05) is 19.6 Å². The molecular formula is C18H24N2O3. The third-order valence-electron chi connectivity index (χ3n) is 5.18.